The smallest absolute Gasteiger partial charge is 0.306 e. The standard InChI is InChI=1S/C71H116O6/c1-4-7-10-13-16-19-22-25-27-29-31-32-33-34-35-36-37-38-40-41-43-46-49-52-55-58-61-64-70(73)76-67-68(66-75-69(72)63-60-57-54-51-48-45-24-21-18-15-12-9-6-3)77-71(74)65-62-59-56-53-50-47-44-42-39-30-28-26-23-20-17-14-11-8-5-2/h7,9-10,12,16-21,25-28,31-32,39,42,45,48,54,57,68H,4-6,8,11,13-15,22-24,29-30,33-38,40-41,43-44,46-47,49-53,55-56,58-67H2,1-3H3/b10-7-,12-9-,19-16-,20-17-,21-18-,27-25-,28-26-,32-31-,42-39-,48-45-,57-54-. The molecule has 0 aliphatic carbocycles. The van der Waals surface area contributed by atoms with Crippen molar-refractivity contribution in [3.8, 4) is 0 Å². The van der Waals surface area contributed by atoms with Gasteiger partial charge >= 0.3 is 17.9 Å². The molecule has 0 aromatic heterocycles. The van der Waals surface area contributed by atoms with E-state index in [1.54, 1.807) is 0 Å². The zero-order chi connectivity index (χ0) is 55.7. The van der Waals surface area contributed by atoms with E-state index in [-0.39, 0.29) is 37.5 Å². The molecule has 1 unspecified atom stereocenters. The number of esters is 3. The van der Waals surface area contributed by atoms with E-state index in [0.29, 0.717) is 19.3 Å². The molecule has 0 aliphatic rings. The molecular weight excluding hydrogens is 949 g/mol. The Morgan fingerprint density at radius 1 is 0.273 bits per heavy atom. The summed E-state index contributed by atoms with van der Waals surface area (Å²) in [6.45, 7) is 6.32. The third kappa shape index (κ3) is 62.3. The summed E-state index contributed by atoms with van der Waals surface area (Å²) < 4.78 is 16.8. The molecule has 77 heavy (non-hydrogen) atoms. The van der Waals surface area contributed by atoms with Gasteiger partial charge in [0.05, 0.1) is 0 Å². The van der Waals surface area contributed by atoms with Crippen molar-refractivity contribution in [3.63, 3.8) is 0 Å². The summed E-state index contributed by atoms with van der Waals surface area (Å²) >= 11 is 0. The molecule has 0 radical (unpaired) electrons. The van der Waals surface area contributed by atoms with E-state index >= 15 is 0 Å². The second-order valence-corrected chi connectivity index (χ2v) is 20.5. The number of ether oxygens (including phenoxy) is 3. The fraction of sp³-hybridized carbons (Fsp3) is 0.648. The van der Waals surface area contributed by atoms with Crippen molar-refractivity contribution in [2.75, 3.05) is 13.2 Å². The van der Waals surface area contributed by atoms with Gasteiger partial charge in [0.2, 0.25) is 0 Å². The number of allylic oxidation sites excluding steroid dienone is 22. The number of unbranched alkanes of at least 4 members (excludes halogenated alkanes) is 23. The lowest BCUT2D eigenvalue weighted by atomic mass is 10.0. The molecule has 6 nitrogen and oxygen atoms in total. The molecule has 0 aromatic carbocycles. The first-order valence-corrected chi connectivity index (χ1v) is 31.7. The van der Waals surface area contributed by atoms with E-state index in [4.69, 9.17) is 14.2 Å². The fourth-order valence-electron chi connectivity index (χ4n) is 8.45. The predicted octanol–water partition coefficient (Wildman–Crippen LogP) is 21.8. The quantitative estimate of drug-likeness (QED) is 0.0261. The van der Waals surface area contributed by atoms with Crippen LogP contribution in [0.15, 0.2) is 134 Å². The largest absolute Gasteiger partial charge is 0.462 e. The average Bonchev–Trinajstić information content (AvgIpc) is 3.43. The van der Waals surface area contributed by atoms with E-state index in [0.717, 1.165) is 116 Å². The molecule has 0 fully saturated rings. The Labute approximate surface area is 475 Å². The average molecular weight is 1070 g/mol. The van der Waals surface area contributed by atoms with Crippen molar-refractivity contribution in [1.82, 2.24) is 0 Å². The van der Waals surface area contributed by atoms with Gasteiger partial charge in [0.25, 0.3) is 0 Å². The number of carbonyl (C=O) groups is 3. The monoisotopic (exact) mass is 1060 g/mol. The van der Waals surface area contributed by atoms with E-state index < -0.39 is 6.10 Å². The molecule has 0 aromatic rings. The fourth-order valence-corrected chi connectivity index (χ4v) is 8.45. The zero-order valence-electron chi connectivity index (χ0n) is 49.9. The van der Waals surface area contributed by atoms with Gasteiger partial charge in [-0.15, -0.1) is 0 Å². The van der Waals surface area contributed by atoms with Gasteiger partial charge in [-0.2, -0.15) is 0 Å². The Morgan fingerprint density at radius 3 is 0.870 bits per heavy atom. The molecule has 0 saturated carbocycles. The molecule has 0 spiro atoms. The highest BCUT2D eigenvalue weighted by Crippen LogP contribution is 2.16. The first-order valence-electron chi connectivity index (χ1n) is 31.7. The molecule has 436 valence electrons. The number of hydrogen-bond acceptors (Lipinski definition) is 6. The van der Waals surface area contributed by atoms with E-state index in [2.05, 4.69) is 148 Å². The van der Waals surface area contributed by atoms with E-state index in [1.165, 1.54) is 116 Å². The minimum absolute atomic E-state index is 0.108. The minimum Gasteiger partial charge on any atom is -0.462 e. The van der Waals surface area contributed by atoms with Gasteiger partial charge in [0, 0.05) is 19.3 Å². The van der Waals surface area contributed by atoms with Gasteiger partial charge < -0.3 is 14.2 Å². The Kier molecular flexibility index (Phi) is 60.4. The van der Waals surface area contributed by atoms with Gasteiger partial charge in [0.15, 0.2) is 6.10 Å². The number of rotatable bonds is 56. The topological polar surface area (TPSA) is 78.9 Å². The Bertz CT molecular complexity index is 1650. The lowest BCUT2D eigenvalue weighted by Crippen LogP contribution is -2.30. The highest BCUT2D eigenvalue weighted by molar-refractivity contribution is 5.71. The summed E-state index contributed by atoms with van der Waals surface area (Å²) in [5.41, 5.74) is 0. The van der Waals surface area contributed by atoms with Crippen LogP contribution in [0.2, 0.25) is 0 Å². The minimum atomic E-state index is -0.819. The van der Waals surface area contributed by atoms with Crippen LogP contribution in [0.25, 0.3) is 0 Å². The van der Waals surface area contributed by atoms with Crippen molar-refractivity contribution < 1.29 is 28.6 Å². The molecule has 0 aliphatic heterocycles. The van der Waals surface area contributed by atoms with Crippen LogP contribution in [-0.2, 0) is 28.6 Å². The summed E-state index contributed by atoms with van der Waals surface area (Å²) in [6, 6.07) is 0. The third-order valence-electron chi connectivity index (χ3n) is 13.1. The van der Waals surface area contributed by atoms with Crippen LogP contribution in [0.5, 0.6) is 0 Å². The lowest BCUT2D eigenvalue weighted by molar-refractivity contribution is -0.166. The van der Waals surface area contributed by atoms with E-state index in [9.17, 15) is 14.4 Å². The number of hydrogen-bond donors (Lipinski definition) is 0. The Hall–Kier alpha value is -4.45. The van der Waals surface area contributed by atoms with E-state index in [1.807, 2.05) is 6.08 Å². The molecule has 0 saturated heterocycles. The SMILES string of the molecule is CC/C=C\C/C=C\C/C=C\C/C=C\CCCCCCCCCCCCCCCCC(=O)OCC(COC(=O)CC/C=C\C/C=C\C/C=C\C/C=C\CC)OC(=O)CCCCCCCC/C=C\C/C=C\C/C=C\CCCCC. The third-order valence-corrected chi connectivity index (χ3v) is 13.1. The Morgan fingerprint density at radius 2 is 0.532 bits per heavy atom. The predicted molar refractivity (Wildman–Crippen MR) is 334 cm³/mol. The lowest BCUT2D eigenvalue weighted by Gasteiger charge is -2.18. The molecular formula is C71H116O6. The maximum Gasteiger partial charge on any atom is 0.306 e. The van der Waals surface area contributed by atoms with Crippen LogP contribution >= 0.6 is 0 Å². The van der Waals surface area contributed by atoms with Crippen molar-refractivity contribution in [1.29, 1.82) is 0 Å². The van der Waals surface area contributed by atoms with Crippen LogP contribution in [-0.4, -0.2) is 37.2 Å². The molecule has 0 N–H and O–H groups in total. The van der Waals surface area contributed by atoms with Crippen molar-refractivity contribution >= 4 is 17.9 Å². The van der Waals surface area contributed by atoms with Crippen LogP contribution in [0.3, 0.4) is 0 Å². The summed E-state index contributed by atoms with van der Waals surface area (Å²) in [5.74, 6) is -1.01. The summed E-state index contributed by atoms with van der Waals surface area (Å²) in [4.78, 5) is 38.2. The summed E-state index contributed by atoms with van der Waals surface area (Å²) in [5, 5.41) is 0. The molecule has 0 bridgehead atoms. The molecule has 6 heteroatoms. The second kappa shape index (κ2) is 64.1. The maximum atomic E-state index is 12.9. The highest BCUT2D eigenvalue weighted by atomic mass is 16.6. The van der Waals surface area contributed by atoms with Crippen molar-refractivity contribution in [3.05, 3.63) is 134 Å². The van der Waals surface area contributed by atoms with Crippen LogP contribution < -0.4 is 0 Å². The van der Waals surface area contributed by atoms with Crippen LogP contribution in [0.4, 0.5) is 0 Å². The summed E-state index contributed by atoms with van der Waals surface area (Å²) in [7, 11) is 0. The van der Waals surface area contributed by atoms with Crippen LogP contribution in [0, 0.1) is 0 Å². The first kappa shape index (κ1) is 72.5. The molecule has 1 atom stereocenters. The van der Waals surface area contributed by atoms with Gasteiger partial charge in [-0.3, -0.25) is 14.4 Å². The van der Waals surface area contributed by atoms with Gasteiger partial charge in [-0.05, 0) is 122 Å². The zero-order valence-corrected chi connectivity index (χ0v) is 49.9. The first-order chi connectivity index (χ1) is 38.0. The number of carbonyl (C=O) groups excluding carboxylic acids is 3. The maximum absolute atomic E-state index is 12.9. The van der Waals surface area contributed by atoms with Crippen molar-refractivity contribution in [2.45, 2.75) is 284 Å². The van der Waals surface area contributed by atoms with Gasteiger partial charge in [-0.25, -0.2) is 0 Å². The molecule has 0 heterocycles. The molecule has 0 rings (SSSR count). The second-order valence-electron chi connectivity index (χ2n) is 20.5. The Balaban J connectivity index is 4.36. The van der Waals surface area contributed by atoms with Crippen LogP contribution in [0.1, 0.15) is 278 Å². The molecule has 0 amide bonds. The van der Waals surface area contributed by atoms with Gasteiger partial charge in [-0.1, -0.05) is 270 Å². The van der Waals surface area contributed by atoms with Gasteiger partial charge in [0.1, 0.15) is 13.2 Å². The highest BCUT2D eigenvalue weighted by Gasteiger charge is 2.19. The van der Waals surface area contributed by atoms with Crippen molar-refractivity contribution in [2.24, 2.45) is 0 Å². The normalized spacial score (nSPS) is 13.0. The summed E-state index contributed by atoms with van der Waals surface area (Å²) in [6.07, 6.45) is 90.5.